The molecule has 0 aliphatic heterocycles. The van der Waals surface area contributed by atoms with Crippen LogP contribution in [0.4, 0.5) is 0 Å². The summed E-state index contributed by atoms with van der Waals surface area (Å²) >= 11 is 0. The molecule has 0 saturated carbocycles. The molecule has 1 amide bonds. The highest BCUT2D eigenvalue weighted by Crippen LogP contribution is 1.91. The van der Waals surface area contributed by atoms with Crippen LogP contribution in [0.25, 0.3) is 0 Å². The lowest BCUT2D eigenvalue weighted by Gasteiger charge is -2.10. The number of carbonyl (C=O) groups excluding carboxylic acids is 1. The van der Waals surface area contributed by atoms with Crippen LogP contribution < -0.4 is 11.1 Å². The second-order valence-corrected chi connectivity index (χ2v) is 3.07. The van der Waals surface area contributed by atoms with Gasteiger partial charge in [-0.15, -0.1) is 0 Å². The Morgan fingerprint density at radius 2 is 2.17 bits per heavy atom. The van der Waals surface area contributed by atoms with Crippen molar-refractivity contribution in [3.63, 3.8) is 0 Å². The van der Waals surface area contributed by atoms with Crippen molar-refractivity contribution in [3.05, 3.63) is 0 Å². The van der Waals surface area contributed by atoms with E-state index in [1.807, 2.05) is 0 Å². The van der Waals surface area contributed by atoms with Gasteiger partial charge in [0.15, 0.2) is 0 Å². The molecule has 0 bridgehead atoms. The van der Waals surface area contributed by atoms with Crippen molar-refractivity contribution in [1.29, 1.82) is 0 Å². The Morgan fingerprint density at radius 3 is 2.58 bits per heavy atom. The maximum absolute atomic E-state index is 11.1. The molecule has 0 saturated heterocycles. The first-order chi connectivity index (χ1) is 5.57. The zero-order valence-electron chi connectivity index (χ0n) is 7.71. The number of nitrogens with one attached hydrogen (secondary N) is 1. The molecule has 0 radical (unpaired) electrons. The standard InChI is InChI=1S/C8H18N2O2/c1-6(5-9)8(12)10-4-3-7(2)11/h6-7,11H,3-5,9H2,1-2H3,(H,10,12). The fourth-order valence-electron chi connectivity index (χ4n) is 0.686. The molecule has 0 spiro atoms. The molecule has 2 atom stereocenters. The summed E-state index contributed by atoms with van der Waals surface area (Å²) in [5.41, 5.74) is 5.29. The first-order valence-electron chi connectivity index (χ1n) is 4.23. The molecule has 0 aliphatic rings. The van der Waals surface area contributed by atoms with Crippen molar-refractivity contribution < 1.29 is 9.90 Å². The van der Waals surface area contributed by atoms with E-state index in [0.717, 1.165) is 0 Å². The first kappa shape index (κ1) is 11.4. The minimum atomic E-state index is -0.363. The zero-order chi connectivity index (χ0) is 9.56. The Bertz CT molecular complexity index is 137. The van der Waals surface area contributed by atoms with E-state index in [-0.39, 0.29) is 17.9 Å². The average molecular weight is 174 g/mol. The van der Waals surface area contributed by atoms with Crippen LogP contribution in [-0.2, 0) is 4.79 Å². The zero-order valence-corrected chi connectivity index (χ0v) is 7.71. The Morgan fingerprint density at radius 1 is 1.58 bits per heavy atom. The molecule has 4 heteroatoms. The van der Waals surface area contributed by atoms with Gasteiger partial charge in [-0.3, -0.25) is 4.79 Å². The molecule has 4 nitrogen and oxygen atoms in total. The minimum absolute atomic E-state index is 0.0434. The fraction of sp³-hybridized carbons (Fsp3) is 0.875. The quantitative estimate of drug-likeness (QED) is 0.524. The Labute approximate surface area is 73.1 Å². The van der Waals surface area contributed by atoms with Crippen molar-refractivity contribution in [3.8, 4) is 0 Å². The van der Waals surface area contributed by atoms with E-state index in [9.17, 15) is 4.79 Å². The number of amides is 1. The first-order valence-corrected chi connectivity index (χ1v) is 4.23. The lowest BCUT2D eigenvalue weighted by Crippen LogP contribution is -2.34. The van der Waals surface area contributed by atoms with Crippen LogP contribution in [0.5, 0.6) is 0 Å². The molecule has 12 heavy (non-hydrogen) atoms. The summed E-state index contributed by atoms with van der Waals surface area (Å²) in [5.74, 6) is -0.183. The SMILES string of the molecule is CC(O)CCNC(=O)C(C)CN. The van der Waals surface area contributed by atoms with Gasteiger partial charge in [0, 0.05) is 19.0 Å². The molecule has 72 valence electrons. The molecule has 0 heterocycles. The molecule has 0 aromatic heterocycles. The molecule has 0 fully saturated rings. The summed E-state index contributed by atoms with van der Waals surface area (Å²) in [5, 5.41) is 11.6. The Hall–Kier alpha value is -0.610. The van der Waals surface area contributed by atoms with Gasteiger partial charge in [0.1, 0.15) is 0 Å². The predicted octanol–water partition coefficient (Wildman–Crippen LogP) is -0.532. The van der Waals surface area contributed by atoms with Gasteiger partial charge in [-0.25, -0.2) is 0 Å². The third-order valence-corrected chi connectivity index (χ3v) is 1.66. The molecular formula is C8H18N2O2. The van der Waals surface area contributed by atoms with Crippen LogP contribution in [0, 0.1) is 5.92 Å². The molecule has 0 aromatic rings. The van der Waals surface area contributed by atoms with Crippen LogP contribution in [-0.4, -0.2) is 30.2 Å². The van der Waals surface area contributed by atoms with E-state index in [4.69, 9.17) is 10.8 Å². The number of nitrogens with two attached hydrogens (primary N) is 1. The third kappa shape index (κ3) is 5.09. The molecule has 0 rings (SSSR count). The van der Waals surface area contributed by atoms with Gasteiger partial charge in [0.2, 0.25) is 5.91 Å². The summed E-state index contributed by atoms with van der Waals surface area (Å²) in [6, 6.07) is 0. The number of hydrogen-bond acceptors (Lipinski definition) is 3. The van der Waals surface area contributed by atoms with Crippen LogP contribution >= 0.6 is 0 Å². The summed E-state index contributed by atoms with van der Waals surface area (Å²) < 4.78 is 0. The summed E-state index contributed by atoms with van der Waals surface area (Å²) in [6.07, 6.45) is 0.224. The van der Waals surface area contributed by atoms with Crippen LogP contribution in [0.1, 0.15) is 20.3 Å². The predicted molar refractivity (Wildman–Crippen MR) is 47.5 cm³/mol. The molecule has 4 N–H and O–H groups in total. The minimum Gasteiger partial charge on any atom is -0.393 e. The second kappa shape index (κ2) is 5.97. The van der Waals surface area contributed by atoms with Crippen molar-refractivity contribution in [2.45, 2.75) is 26.4 Å². The van der Waals surface area contributed by atoms with Gasteiger partial charge >= 0.3 is 0 Å². The summed E-state index contributed by atoms with van der Waals surface area (Å²) in [7, 11) is 0. The molecule has 2 unspecified atom stereocenters. The van der Waals surface area contributed by atoms with Gasteiger partial charge < -0.3 is 16.2 Å². The maximum atomic E-state index is 11.1. The van der Waals surface area contributed by atoms with E-state index >= 15 is 0 Å². The lowest BCUT2D eigenvalue weighted by atomic mass is 10.1. The van der Waals surface area contributed by atoms with Gasteiger partial charge in [-0.05, 0) is 13.3 Å². The number of carbonyl (C=O) groups is 1. The topological polar surface area (TPSA) is 75.3 Å². The summed E-state index contributed by atoms with van der Waals surface area (Å²) in [6.45, 7) is 4.34. The Kier molecular flexibility index (Phi) is 5.66. The highest BCUT2D eigenvalue weighted by Gasteiger charge is 2.09. The lowest BCUT2D eigenvalue weighted by molar-refractivity contribution is -0.124. The highest BCUT2D eigenvalue weighted by atomic mass is 16.3. The van der Waals surface area contributed by atoms with Gasteiger partial charge in [-0.1, -0.05) is 6.92 Å². The van der Waals surface area contributed by atoms with Crippen molar-refractivity contribution >= 4 is 5.91 Å². The van der Waals surface area contributed by atoms with Gasteiger partial charge in [0.25, 0.3) is 0 Å². The molecular weight excluding hydrogens is 156 g/mol. The van der Waals surface area contributed by atoms with E-state index in [1.165, 1.54) is 0 Å². The number of hydrogen-bond donors (Lipinski definition) is 3. The Balaban J connectivity index is 3.44. The van der Waals surface area contributed by atoms with E-state index < -0.39 is 0 Å². The number of rotatable bonds is 5. The molecule has 0 aliphatic carbocycles. The van der Waals surface area contributed by atoms with Crippen molar-refractivity contribution in [1.82, 2.24) is 5.32 Å². The number of aliphatic hydroxyl groups excluding tert-OH is 1. The van der Waals surface area contributed by atoms with Gasteiger partial charge in [0.05, 0.1) is 6.10 Å². The van der Waals surface area contributed by atoms with Crippen LogP contribution in [0.15, 0.2) is 0 Å². The smallest absolute Gasteiger partial charge is 0.224 e. The largest absolute Gasteiger partial charge is 0.393 e. The fourth-order valence-corrected chi connectivity index (χ4v) is 0.686. The monoisotopic (exact) mass is 174 g/mol. The van der Waals surface area contributed by atoms with Crippen molar-refractivity contribution in [2.75, 3.05) is 13.1 Å². The van der Waals surface area contributed by atoms with E-state index in [1.54, 1.807) is 13.8 Å². The normalized spacial score (nSPS) is 15.3. The number of aliphatic hydroxyl groups is 1. The second-order valence-electron chi connectivity index (χ2n) is 3.07. The maximum Gasteiger partial charge on any atom is 0.224 e. The van der Waals surface area contributed by atoms with E-state index in [0.29, 0.717) is 19.5 Å². The average Bonchev–Trinajstić information content (AvgIpc) is 2.02. The van der Waals surface area contributed by atoms with E-state index in [2.05, 4.69) is 5.32 Å². The van der Waals surface area contributed by atoms with Gasteiger partial charge in [-0.2, -0.15) is 0 Å². The third-order valence-electron chi connectivity index (χ3n) is 1.66. The highest BCUT2D eigenvalue weighted by molar-refractivity contribution is 5.78. The molecule has 0 aromatic carbocycles. The van der Waals surface area contributed by atoms with Crippen molar-refractivity contribution in [2.24, 2.45) is 11.7 Å². The van der Waals surface area contributed by atoms with Crippen LogP contribution in [0.2, 0.25) is 0 Å². The van der Waals surface area contributed by atoms with Crippen LogP contribution in [0.3, 0.4) is 0 Å². The summed E-state index contributed by atoms with van der Waals surface area (Å²) in [4.78, 5) is 11.1.